The fourth-order valence-corrected chi connectivity index (χ4v) is 5.55. The van der Waals surface area contributed by atoms with Gasteiger partial charge in [-0.2, -0.15) is 0 Å². The number of carbonyl (C=O) groups excluding carboxylic acids is 1. The van der Waals surface area contributed by atoms with Gasteiger partial charge in [0.25, 0.3) is 0 Å². The Morgan fingerprint density at radius 2 is 1.92 bits per heavy atom. The second kappa shape index (κ2) is 6.72. The summed E-state index contributed by atoms with van der Waals surface area (Å²) in [4.78, 5) is 15.9. The molecule has 0 aliphatic heterocycles. The van der Waals surface area contributed by atoms with Crippen LogP contribution in [0, 0.1) is 11.6 Å². The first kappa shape index (κ1) is 17.2. The van der Waals surface area contributed by atoms with Crippen molar-refractivity contribution in [2.75, 3.05) is 11.1 Å². The van der Waals surface area contributed by atoms with E-state index in [4.69, 9.17) is 0 Å². The summed E-state index contributed by atoms with van der Waals surface area (Å²) in [6.07, 6.45) is 3.00. The van der Waals surface area contributed by atoms with Crippen LogP contribution in [0.3, 0.4) is 0 Å². The van der Waals surface area contributed by atoms with Crippen molar-refractivity contribution in [3.05, 3.63) is 23.8 Å². The average molecular weight is 374 g/mol. The number of aromatic nitrogens is 1. The minimum absolute atomic E-state index is 0.155. The third-order valence-electron chi connectivity index (χ3n) is 4.10. The normalized spacial score (nSPS) is 15.9. The van der Waals surface area contributed by atoms with Crippen LogP contribution in [0.15, 0.2) is 12.1 Å². The Morgan fingerprint density at radius 1 is 1.25 bits per heavy atom. The van der Waals surface area contributed by atoms with Crippen molar-refractivity contribution in [1.82, 2.24) is 4.98 Å². The molecule has 0 atom stereocenters. The molecule has 1 aromatic heterocycles. The van der Waals surface area contributed by atoms with E-state index in [0.717, 1.165) is 36.3 Å². The topological polar surface area (TPSA) is 76.1 Å². The minimum atomic E-state index is -3.26. The number of carbonyl (C=O) groups is 1. The number of fused-ring (bicyclic) bond motifs is 1. The molecule has 0 radical (unpaired) electrons. The van der Waals surface area contributed by atoms with Crippen LogP contribution in [0.2, 0.25) is 0 Å². The summed E-state index contributed by atoms with van der Waals surface area (Å²) in [5, 5.41) is 2.35. The maximum atomic E-state index is 13.2. The monoisotopic (exact) mass is 374 g/mol. The molecule has 0 bridgehead atoms. The van der Waals surface area contributed by atoms with Gasteiger partial charge in [-0.1, -0.05) is 24.2 Å². The number of anilines is 1. The fraction of sp³-hybridized carbons (Fsp3) is 0.467. The van der Waals surface area contributed by atoms with E-state index in [9.17, 15) is 22.0 Å². The molecule has 1 aliphatic rings. The third-order valence-corrected chi connectivity index (χ3v) is 7.29. The zero-order chi connectivity index (χ0) is 17.3. The van der Waals surface area contributed by atoms with Gasteiger partial charge < -0.3 is 5.32 Å². The van der Waals surface area contributed by atoms with Crippen molar-refractivity contribution in [2.45, 2.75) is 37.4 Å². The number of hydrogen-bond donors (Lipinski definition) is 1. The van der Waals surface area contributed by atoms with Crippen LogP contribution >= 0.6 is 11.3 Å². The van der Waals surface area contributed by atoms with Crippen molar-refractivity contribution in [1.29, 1.82) is 0 Å². The maximum Gasteiger partial charge on any atom is 0.227 e. The average Bonchev–Trinajstić information content (AvgIpc) is 3.16. The highest BCUT2D eigenvalue weighted by atomic mass is 32.2. The molecule has 0 spiro atoms. The van der Waals surface area contributed by atoms with Crippen molar-refractivity contribution in [3.8, 4) is 0 Å². The number of thiazole rings is 1. The van der Waals surface area contributed by atoms with E-state index >= 15 is 0 Å². The molecular weight excluding hydrogens is 358 g/mol. The molecule has 3 rings (SSSR count). The van der Waals surface area contributed by atoms with Crippen molar-refractivity contribution < 1.29 is 22.0 Å². The minimum Gasteiger partial charge on any atom is -0.302 e. The Bertz CT molecular complexity index is 835. The first-order chi connectivity index (χ1) is 11.3. The van der Waals surface area contributed by atoms with Gasteiger partial charge in [0, 0.05) is 12.5 Å². The highest BCUT2D eigenvalue weighted by Crippen LogP contribution is 2.28. The quantitative estimate of drug-likeness (QED) is 0.872. The van der Waals surface area contributed by atoms with Crippen LogP contribution < -0.4 is 5.32 Å². The number of rotatable bonds is 5. The van der Waals surface area contributed by atoms with Gasteiger partial charge in [0.1, 0.15) is 0 Å². The number of hydrogen-bond acceptors (Lipinski definition) is 5. The lowest BCUT2D eigenvalue weighted by Gasteiger charge is -2.10. The van der Waals surface area contributed by atoms with Gasteiger partial charge in [-0.05, 0) is 18.9 Å². The summed E-state index contributed by atoms with van der Waals surface area (Å²) in [5.74, 6) is -2.66. The molecule has 0 unspecified atom stereocenters. The van der Waals surface area contributed by atoms with Crippen LogP contribution in [0.4, 0.5) is 13.9 Å². The van der Waals surface area contributed by atoms with E-state index in [-0.39, 0.29) is 28.1 Å². The lowest BCUT2D eigenvalue weighted by atomic mass is 10.3. The van der Waals surface area contributed by atoms with Gasteiger partial charge in [0.05, 0.1) is 21.2 Å². The van der Waals surface area contributed by atoms with E-state index in [0.29, 0.717) is 17.5 Å². The van der Waals surface area contributed by atoms with Crippen LogP contribution in [-0.2, 0) is 14.6 Å². The number of benzene rings is 1. The number of amides is 1. The lowest BCUT2D eigenvalue weighted by Crippen LogP contribution is -2.24. The molecule has 2 aromatic rings. The lowest BCUT2D eigenvalue weighted by molar-refractivity contribution is -0.115. The maximum absolute atomic E-state index is 13.2. The van der Waals surface area contributed by atoms with E-state index < -0.39 is 27.4 Å². The molecule has 24 heavy (non-hydrogen) atoms. The second-order valence-corrected chi connectivity index (χ2v) is 9.26. The Labute approximate surface area is 142 Å². The standard InChI is InChI=1S/C15H16F2N2O3S2/c16-10-7-12-13(8-11(10)17)23-15(18-12)19-14(20)5-6-24(21,22)9-3-1-2-4-9/h7-9H,1-6H2,(H,18,19,20). The van der Waals surface area contributed by atoms with E-state index in [1.54, 1.807) is 0 Å². The highest BCUT2D eigenvalue weighted by molar-refractivity contribution is 7.92. The van der Waals surface area contributed by atoms with E-state index in [1.165, 1.54) is 0 Å². The van der Waals surface area contributed by atoms with Gasteiger partial charge in [-0.15, -0.1) is 0 Å². The molecule has 1 aromatic carbocycles. The molecule has 5 nitrogen and oxygen atoms in total. The third kappa shape index (κ3) is 3.72. The second-order valence-electron chi connectivity index (χ2n) is 5.82. The first-order valence-electron chi connectivity index (χ1n) is 7.62. The molecule has 1 aliphatic carbocycles. The summed E-state index contributed by atoms with van der Waals surface area (Å²) in [5.41, 5.74) is 0.243. The van der Waals surface area contributed by atoms with Crippen LogP contribution in [0.5, 0.6) is 0 Å². The fourth-order valence-electron chi connectivity index (χ4n) is 2.81. The highest BCUT2D eigenvalue weighted by Gasteiger charge is 2.28. The molecule has 130 valence electrons. The summed E-state index contributed by atoms with van der Waals surface area (Å²) < 4.78 is 51.0. The van der Waals surface area contributed by atoms with Crippen LogP contribution in [0.25, 0.3) is 10.2 Å². The largest absolute Gasteiger partial charge is 0.302 e. The number of nitrogens with one attached hydrogen (secondary N) is 1. The summed E-state index contributed by atoms with van der Waals surface area (Å²) >= 11 is 1.01. The molecular formula is C15H16F2N2O3S2. The molecule has 1 saturated carbocycles. The number of sulfone groups is 1. The SMILES string of the molecule is O=C(CCS(=O)(=O)C1CCCC1)Nc1nc2cc(F)c(F)cc2s1. The van der Waals surface area contributed by atoms with Gasteiger partial charge in [0.15, 0.2) is 26.6 Å². The summed E-state index contributed by atoms with van der Waals surface area (Å²) in [6, 6.07) is 1.98. The van der Waals surface area contributed by atoms with Crippen molar-refractivity contribution in [2.24, 2.45) is 0 Å². The summed E-state index contributed by atoms with van der Waals surface area (Å²) in [6.45, 7) is 0. The number of halogens is 2. The summed E-state index contributed by atoms with van der Waals surface area (Å²) in [7, 11) is -3.26. The smallest absolute Gasteiger partial charge is 0.227 e. The van der Waals surface area contributed by atoms with E-state index in [1.807, 2.05) is 0 Å². The first-order valence-corrected chi connectivity index (χ1v) is 10.2. The predicted octanol–water partition coefficient (Wildman–Crippen LogP) is 3.26. The Hall–Kier alpha value is -1.61. The predicted molar refractivity (Wildman–Crippen MR) is 88.8 cm³/mol. The molecule has 1 fully saturated rings. The van der Waals surface area contributed by atoms with Crippen molar-refractivity contribution >= 4 is 42.4 Å². The van der Waals surface area contributed by atoms with Crippen LogP contribution in [0.1, 0.15) is 32.1 Å². The molecule has 1 heterocycles. The molecule has 1 amide bonds. The zero-order valence-corrected chi connectivity index (χ0v) is 14.4. The molecule has 9 heteroatoms. The Morgan fingerprint density at radius 3 is 2.62 bits per heavy atom. The van der Waals surface area contributed by atoms with Crippen molar-refractivity contribution in [3.63, 3.8) is 0 Å². The zero-order valence-electron chi connectivity index (χ0n) is 12.7. The van der Waals surface area contributed by atoms with Gasteiger partial charge in [-0.25, -0.2) is 22.2 Å². The van der Waals surface area contributed by atoms with Gasteiger partial charge in [0.2, 0.25) is 5.91 Å². The van der Waals surface area contributed by atoms with Crippen LogP contribution in [-0.4, -0.2) is 30.3 Å². The number of nitrogens with zero attached hydrogens (tertiary/aromatic N) is 1. The molecule has 0 saturated heterocycles. The van der Waals surface area contributed by atoms with E-state index in [2.05, 4.69) is 10.3 Å². The Kier molecular flexibility index (Phi) is 4.82. The molecule has 1 N–H and O–H groups in total. The Balaban J connectivity index is 1.62. The van der Waals surface area contributed by atoms with Gasteiger partial charge >= 0.3 is 0 Å². The van der Waals surface area contributed by atoms with Gasteiger partial charge in [-0.3, -0.25) is 4.79 Å².